The Morgan fingerprint density at radius 1 is 1.04 bits per heavy atom. The van der Waals surface area contributed by atoms with Gasteiger partial charge in [-0.3, -0.25) is 9.97 Å². The van der Waals surface area contributed by atoms with E-state index >= 15 is 0 Å². The summed E-state index contributed by atoms with van der Waals surface area (Å²) in [5.41, 5.74) is 3.40. The quantitative estimate of drug-likeness (QED) is 0.408. The Morgan fingerprint density at radius 3 is 2.67 bits per heavy atom. The molecule has 6 heteroatoms. The van der Waals surface area contributed by atoms with Crippen molar-refractivity contribution in [2.45, 2.75) is 20.0 Å². The van der Waals surface area contributed by atoms with Crippen LogP contribution in [-0.4, -0.2) is 15.9 Å². The van der Waals surface area contributed by atoms with Crippen LogP contribution in [0.15, 0.2) is 64.1 Å². The Hall–Kier alpha value is -3.54. The number of carbonyl (C=O) groups excluding carboxylic acids is 1. The first-order valence-electron chi connectivity index (χ1n) is 8.57. The van der Waals surface area contributed by atoms with Crippen molar-refractivity contribution in [2.75, 3.05) is 0 Å². The van der Waals surface area contributed by atoms with Crippen LogP contribution in [0.5, 0.6) is 0 Å². The van der Waals surface area contributed by atoms with Gasteiger partial charge in [-0.1, -0.05) is 19.1 Å². The molecule has 0 saturated carbocycles. The van der Waals surface area contributed by atoms with E-state index in [1.165, 1.54) is 6.07 Å². The van der Waals surface area contributed by atoms with Crippen LogP contribution < -0.4 is 5.63 Å². The zero-order valence-electron chi connectivity index (χ0n) is 14.6. The lowest BCUT2D eigenvalue weighted by atomic mass is 10.1. The normalized spacial score (nSPS) is 11.0. The van der Waals surface area contributed by atoms with Crippen LogP contribution in [0.2, 0.25) is 0 Å². The fourth-order valence-electron chi connectivity index (χ4n) is 2.93. The van der Waals surface area contributed by atoms with E-state index in [1.54, 1.807) is 30.6 Å². The van der Waals surface area contributed by atoms with Crippen molar-refractivity contribution in [3.05, 3.63) is 82.0 Å². The van der Waals surface area contributed by atoms with E-state index < -0.39 is 11.6 Å². The van der Waals surface area contributed by atoms with Crippen LogP contribution in [0, 0.1) is 0 Å². The minimum Gasteiger partial charge on any atom is -0.457 e. The zero-order chi connectivity index (χ0) is 18.8. The number of fused-ring (bicyclic) bond motifs is 2. The monoisotopic (exact) mass is 360 g/mol. The first kappa shape index (κ1) is 16.9. The van der Waals surface area contributed by atoms with Crippen molar-refractivity contribution < 1.29 is 13.9 Å². The van der Waals surface area contributed by atoms with Crippen molar-refractivity contribution >= 4 is 28.0 Å². The van der Waals surface area contributed by atoms with E-state index in [-0.39, 0.29) is 6.61 Å². The Kier molecular flexibility index (Phi) is 4.38. The number of carbonyl (C=O) groups is 1. The summed E-state index contributed by atoms with van der Waals surface area (Å²) >= 11 is 0. The largest absolute Gasteiger partial charge is 0.457 e. The molecular formula is C21H16N2O4. The van der Waals surface area contributed by atoms with E-state index in [0.29, 0.717) is 27.7 Å². The van der Waals surface area contributed by atoms with Gasteiger partial charge in [0.2, 0.25) is 0 Å². The molecule has 0 spiro atoms. The SMILES string of the molecule is CCc1ccc2c(COC(=O)c3ccc4nccnc4c3)cc(=O)oc2c1. The highest BCUT2D eigenvalue weighted by molar-refractivity contribution is 5.93. The van der Waals surface area contributed by atoms with Gasteiger partial charge < -0.3 is 9.15 Å². The molecule has 4 rings (SSSR count). The third kappa shape index (κ3) is 3.42. The number of benzene rings is 2. The first-order valence-corrected chi connectivity index (χ1v) is 8.57. The maximum absolute atomic E-state index is 12.4. The van der Waals surface area contributed by atoms with Crippen LogP contribution in [-0.2, 0) is 17.8 Å². The molecule has 0 fully saturated rings. The van der Waals surface area contributed by atoms with E-state index in [1.807, 2.05) is 25.1 Å². The molecule has 0 bridgehead atoms. The molecule has 0 aliphatic rings. The van der Waals surface area contributed by atoms with Crippen LogP contribution >= 0.6 is 0 Å². The Morgan fingerprint density at radius 2 is 1.85 bits per heavy atom. The molecule has 2 aromatic carbocycles. The van der Waals surface area contributed by atoms with Gasteiger partial charge >= 0.3 is 11.6 Å². The molecule has 0 aliphatic carbocycles. The van der Waals surface area contributed by atoms with E-state index in [9.17, 15) is 9.59 Å². The summed E-state index contributed by atoms with van der Waals surface area (Å²) in [7, 11) is 0. The van der Waals surface area contributed by atoms with E-state index in [2.05, 4.69) is 9.97 Å². The molecule has 0 atom stereocenters. The van der Waals surface area contributed by atoms with E-state index in [0.717, 1.165) is 17.4 Å². The molecule has 0 N–H and O–H groups in total. The predicted molar refractivity (Wildman–Crippen MR) is 101 cm³/mol. The topological polar surface area (TPSA) is 82.3 Å². The molecule has 4 aromatic rings. The van der Waals surface area contributed by atoms with Gasteiger partial charge in [0.05, 0.1) is 16.6 Å². The highest BCUT2D eigenvalue weighted by Crippen LogP contribution is 2.20. The highest BCUT2D eigenvalue weighted by Gasteiger charge is 2.12. The smallest absolute Gasteiger partial charge is 0.338 e. The fraction of sp³-hybridized carbons (Fsp3) is 0.143. The molecule has 27 heavy (non-hydrogen) atoms. The van der Waals surface area contributed by atoms with Crippen LogP contribution in [0.25, 0.3) is 22.0 Å². The average Bonchev–Trinajstić information content (AvgIpc) is 2.70. The molecule has 2 aromatic heterocycles. The summed E-state index contributed by atoms with van der Waals surface area (Å²) in [6.45, 7) is 2.00. The predicted octanol–water partition coefficient (Wildman–Crippen LogP) is 3.66. The minimum absolute atomic E-state index is 0.0229. The number of rotatable bonds is 4. The summed E-state index contributed by atoms with van der Waals surface area (Å²) in [5.74, 6) is -0.492. The van der Waals surface area contributed by atoms with Gasteiger partial charge in [-0.15, -0.1) is 0 Å². The van der Waals surface area contributed by atoms with Gasteiger partial charge in [0.15, 0.2) is 0 Å². The van der Waals surface area contributed by atoms with Crippen molar-refractivity contribution in [3.8, 4) is 0 Å². The molecule has 2 heterocycles. The van der Waals surface area contributed by atoms with E-state index in [4.69, 9.17) is 9.15 Å². The zero-order valence-corrected chi connectivity index (χ0v) is 14.6. The summed E-state index contributed by atoms with van der Waals surface area (Å²) in [4.78, 5) is 32.6. The number of hydrogen-bond donors (Lipinski definition) is 0. The van der Waals surface area contributed by atoms with Crippen molar-refractivity contribution in [2.24, 2.45) is 0 Å². The molecule has 6 nitrogen and oxygen atoms in total. The number of aromatic nitrogens is 2. The minimum atomic E-state index is -0.492. The van der Waals surface area contributed by atoms with Crippen LogP contribution in [0.4, 0.5) is 0 Å². The highest BCUT2D eigenvalue weighted by atomic mass is 16.5. The van der Waals surface area contributed by atoms with Crippen LogP contribution in [0.1, 0.15) is 28.4 Å². The van der Waals surface area contributed by atoms with Gasteiger partial charge in [0.25, 0.3) is 0 Å². The third-order valence-corrected chi connectivity index (χ3v) is 4.37. The number of aryl methyl sites for hydroxylation is 1. The Balaban J connectivity index is 1.60. The van der Waals surface area contributed by atoms with Crippen molar-refractivity contribution in [3.63, 3.8) is 0 Å². The molecule has 0 amide bonds. The number of ether oxygens (including phenoxy) is 1. The lowest BCUT2D eigenvalue weighted by Crippen LogP contribution is -2.08. The Bertz CT molecular complexity index is 1210. The molecule has 0 unspecified atom stereocenters. The summed E-state index contributed by atoms with van der Waals surface area (Å²) in [6.07, 6.45) is 4.00. The van der Waals surface area contributed by atoms with Crippen LogP contribution in [0.3, 0.4) is 0 Å². The van der Waals surface area contributed by atoms with Gasteiger partial charge in [-0.25, -0.2) is 9.59 Å². The van der Waals surface area contributed by atoms with Gasteiger partial charge in [-0.2, -0.15) is 0 Å². The standard InChI is InChI=1S/C21H16N2O4/c1-2-13-3-5-16-15(11-20(24)27-19(16)9-13)12-26-21(25)14-4-6-17-18(10-14)23-8-7-22-17/h3-11H,2,12H2,1H3. The van der Waals surface area contributed by atoms with Gasteiger partial charge in [0, 0.05) is 29.4 Å². The lowest BCUT2D eigenvalue weighted by molar-refractivity contribution is 0.0474. The second-order valence-corrected chi connectivity index (χ2v) is 6.11. The second-order valence-electron chi connectivity index (χ2n) is 6.11. The maximum atomic E-state index is 12.4. The first-order chi connectivity index (χ1) is 13.1. The number of esters is 1. The molecule has 0 aliphatic heterocycles. The maximum Gasteiger partial charge on any atom is 0.338 e. The van der Waals surface area contributed by atoms with Gasteiger partial charge in [-0.05, 0) is 36.2 Å². The number of hydrogen-bond acceptors (Lipinski definition) is 6. The molecule has 134 valence electrons. The average molecular weight is 360 g/mol. The molecular weight excluding hydrogens is 344 g/mol. The van der Waals surface area contributed by atoms with Crippen molar-refractivity contribution in [1.82, 2.24) is 9.97 Å². The summed E-state index contributed by atoms with van der Waals surface area (Å²) in [5, 5.41) is 0.754. The molecule has 0 radical (unpaired) electrons. The number of nitrogens with zero attached hydrogens (tertiary/aromatic N) is 2. The second kappa shape index (κ2) is 6.99. The lowest BCUT2D eigenvalue weighted by Gasteiger charge is -2.08. The fourth-order valence-corrected chi connectivity index (χ4v) is 2.93. The van der Waals surface area contributed by atoms with Crippen molar-refractivity contribution in [1.29, 1.82) is 0 Å². The summed E-state index contributed by atoms with van der Waals surface area (Å²) < 4.78 is 10.7. The Labute approximate surface area is 154 Å². The molecule has 0 saturated heterocycles. The van der Waals surface area contributed by atoms with Gasteiger partial charge in [0.1, 0.15) is 12.2 Å². The third-order valence-electron chi connectivity index (χ3n) is 4.37. The summed E-state index contributed by atoms with van der Waals surface area (Å²) in [6, 6.07) is 12.0.